The Morgan fingerprint density at radius 1 is 0.881 bits per heavy atom. The minimum atomic E-state index is -0.649. The SMILES string of the molecule is COC(=O)[C@H](C(C)C)N1Cc2ccc(-c3ccc(NC(=O)Nc4ccc(Cl)cc4Oc4ccccc4)cc3)cc2C1=O. The molecule has 1 heterocycles. The van der Waals surface area contributed by atoms with Gasteiger partial charge in [-0.25, -0.2) is 9.59 Å². The minimum Gasteiger partial charge on any atom is -0.467 e. The Kier molecular flexibility index (Phi) is 8.45. The number of methoxy groups -OCH3 is 1. The number of para-hydroxylation sites is 1. The van der Waals surface area contributed by atoms with E-state index in [9.17, 15) is 14.4 Å². The van der Waals surface area contributed by atoms with Gasteiger partial charge in [-0.15, -0.1) is 0 Å². The van der Waals surface area contributed by atoms with Crippen LogP contribution in [0, 0.1) is 5.92 Å². The zero-order valence-electron chi connectivity index (χ0n) is 23.4. The maximum absolute atomic E-state index is 13.3. The zero-order valence-corrected chi connectivity index (χ0v) is 24.1. The number of urea groups is 1. The van der Waals surface area contributed by atoms with Crippen molar-refractivity contribution in [3.8, 4) is 22.6 Å². The summed E-state index contributed by atoms with van der Waals surface area (Å²) in [5.74, 6) is 0.325. The number of halogens is 1. The van der Waals surface area contributed by atoms with E-state index in [0.29, 0.717) is 40.0 Å². The molecule has 8 nitrogen and oxygen atoms in total. The third-order valence-electron chi connectivity index (χ3n) is 6.99. The predicted octanol–water partition coefficient (Wildman–Crippen LogP) is 7.60. The van der Waals surface area contributed by atoms with Gasteiger partial charge in [0.25, 0.3) is 5.91 Å². The van der Waals surface area contributed by atoms with Gasteiger partial charge in [0.05, 0.1) is 12.8 Å². The summed E-state index contributed by atoms with van der Waals surface area (Å²) in [7, 11) is 1.33. The number of hydrogen-bond donors (Lipinski definition) is 2. The fourth-order valence-electron chi connectivity index (χ4n) is 4.94. The molecule has 0 spiro atoms. The van der Waals surface area contributed by atoms with Crippen molar-refractivity contribution in [2.75, 3.05) is 17.7 Å². The first-order valence-electron chi connectivity index (χ1n) is 13.5. The van der Waals surface area contributed by atoms with Crippen molar-refractivity contribution in [2.24, 2.45) is 5.92 Å². The summed E-state index contributed by atoms with van der Waals surface area (Å²) in [6, 6.07) is 26.1. The largest absolute Gasteiger partial charge is 0.467 e. The van der Waals surface area contributed by atoms with Crippen molar-refractivity contribution in [3.63, 3.8) is 0 Å². The normalized spacial score (nSPS) is 13.0. The standard InChI is InChI=1S/C33H30ClN3O5/c1-20(2)30(32(39)41-3)37-19-23-10-9-22(17-27(23)31(37)38)21-11-14-25(15-12-21)35-33(40)36-28-16-13-24(34)18-29(28)42-26-7-5-4-6-8-26/h4-18,20,30H,19H2,1-3H3,(H2,35,36,40)/t30-/m0/s1. The number of benzene rings is 4. The lowest BCUT2D eigenvalue weighted by Gasteiger charge is -2.28. The number of nitrogens with zero attached hydrogens (tertiary/aromatic N) is 1. The first-order chi connectivity index (χ1) is 20.2. The Balaban J connectivity index is 1.27. The van der Waals surface area contributed by atoms with Gasteiger partial charge in [-0.3, -0.25) is 4.79 Å². The van der Waals surface area contributed by atoms with Crippen LogP contribution < -0.4 is 15.4 Å². The molecule has 0 aliphatic carbocycles. The van der Waals surface area contributed by atoms with Crippen LogP contribution >= 0.6 is 11.6 Å². The van der Waals surface area contributed by atoms with E-state index in [4.69, 9.17) is 21.1 Å². The maximum Gasteiger partial charge on any atom is 0.328 e. The van der Waals surface area contributed by atoms with Crippen LogP contribution in [0.25, 0.3) is 11.1 Å². The smallest absolute Gasteiger partial charge is 0.328 e. The number of nitrogens with one attached hydrogen (secondary N) is 2. The molecule has 9 heteroatoms. The van der Waals surface area contributed by atoms with Crippen LogP contribution in [0.3, 0.4) is 0 Å². The molecule has 4 aromatic rings. The quantitative estimate of drug-likeness (QED) is 0.208. The molecule has 0 saturated heterocycles. The molecule has 0 saturated carbocycles. The van der Waals surface area contributed by atoms with Crippen molar-refractivity contribution in [2.45, 2.75) is 26.4 Å². The van der Waals surface area contributed by atoms with Crippen molar-refractivity contribution in [3.05, 3.63) is 107 Å². The van der Waals surface area contributed by atoms with Crippen LogP contribution in [-0.4, -0.2) is 36.0 Å². The average molecular weight is 584 g/mol. The molecule has 5 rings (SSSR count). The van der Waals surface area contributed by atoms with Gasteiger partial charge in [0.15, 0.2) is 5.75 Å². The Hall–Kier alpha value is -4.82. The average Bonchev–Trinajstić information content (AvgIpc) is 3.30. The summed E-state index contributed by atoms with van der Waals surface area (Å²) in [6.45, 7) is 4.15. The van der Waals surface area contributed by atoms with E-state index in [0.717, 1.165) is 16.7 Å². The lowest BCUT2D eigenvalue weighted by molar-refractivity contribution is -0.147. The van der Waals surface area contributed by atoms with E-state index < -0.39 is 18.0 Å². The molecule has 0 unspecified atom stereocenters. The third kappa shape index (κ3) is 6.24. The highest BCUT2D eigenvalue weighted by molar-refractivity contribution is 6.30. The molecule has 0 aromatic heterocycles. The van der Waals surface area contributed by atoms with Gasteiger partial charge < -0.3 is 25.0 Å². The zero-order chi connectivity index (χ0) is 29.8. The van der Waals surface area contributed by atoms with Crippen LogP contribution in [0.5, 0.6) is 11.5 Å². The number of carbonyl (C=O) groups excluding carboxylic acids is 3. The van der Waals surface area contributed by atoms with Crippen LogP contribution in [0.2, 0.25) is 5.02 Å². The molecule has 1 atom stereocenters. The fourth-order valence-corrected chi connectivity index (χ4v) is 5.10. The summed E-state index contributed by atoms with van der Waals surface area (Å²) >= 11 is 6.16. The van der Waals surface area contributed by atoms with Gasteiger partial charge in [-0.2, -0.15) is 0 Å². The molecule has 1 aliphatic heterocycles. The number of anilines is 2. The lowest BCUT2D eigenvalue weighted by Crippen LogP contribution is -2.45. The number of amides is 3. The molecule has 0 bridgehead atoms. The number of fused-ring (bicyclic) bond motifs is 1. The van der Waals surface area contributed by atoms with Gasteiger partial charge in [0.2, 0.25) is 0 Å². The number of ether oxygens (including phenoxy) is 2. The molecule has 3 amide bonds. The van der Waals surface area contributed by atoms with Gasteiger partial charge in [0.1, 0.15) is 11.8 Å². The summed E-state index contributed by atoms with van der Waals surface area (Å²) in [5, 5.41) is 6.11. The molecule has 4 aromatic carbocycles. The monoisotopic (exact) mass is 583 g/mol. The van der Waals surface area contributed by atoms with E-state index in [1.165, 1.54) is 7.11 Å². The van der Waals surface area contributed by atoms with Gasteiger partial charge in [0, 0.05) is 28.9 Å². The third-order valence-corrected chi connectivity index (χ3v) is 7.23. The second kappa shape index (κ2) is 12.4. The van der Waals surface area contributed by atoms with E-state index in [-0.39, 0.29) is 11.8 Å². The van der Waals surface area contributed by atoms with Crippen LogP contribution in [0.1, 0.15) is 29.8 Å². The predicted molar refractivity (Wildman–Crippen MR) is 163 cm³/mol. The molecule has 1 aliphatic rings. The van der Waals surface area contributed by atoms with Crippen LogP contribution in [-0.2, 0) is 16.1 Å². The minimum absolute atomic E-state index is 0.0879. The van der Waals surface area contributed by atoms with E-state index in [1.807, 2.05) is 74.5 Å². The highest BCUT2D eigenvalue weighted by Gasteiger charge is 2.38. The molecule has 42 heavy (non-hydrogen) atoms. The molecule has 0 fully saturated rings. The summed E-state index contributed by atoms with van der Waals surface area (Å²) in [6.07, 6.45) is 0. The lowest BCUT2D eigenvalue weighted by atomic mass is 10.00. The molecular formula is C33H30ClN3O5. The molecule has 2 N–H and O–H groups in total. The fraction of sp³-hybridized carbons (Fsp3) is 0.182. The van der Waals surface area contributed by atoms with Gasteiger partial charge in [-0.1, -0.05) is 67.9 Å². The van der Waals surface area contributed by atoms with E-state index in [1.54, 1.807) is 35.2 Å². The maximum atomic E-state index is 13.3. The highest BCUT2D eigenvalue weighted by Crippen LogP contribution is 2.34. The summed E-state index contributed by atoms with van der Waals surface area (Å²) < 4.78 is 10.9. The van der Waals surface area contributed by atoms with Crippen LogP contribution in [0.15, 0.2) is 91.0 Å². The molecule has 214 valence electrons. The van der Waals surface area contributed by atoms with Crippen molar-refractivity contribution in [1.29, 1.82) is 0 Å². The first kappa shape index (κ1) is 28.7. The Morgan fingerprint density at radius 3 is 2.29 bits per heavy atom. The number of esters is 1. The summed E-state index contributed by atoms with van der Waals surface area (Å²) in [5.41, 5.74) is 4.20. The highest BCUT2D eigenvalue weighted by atomic mass is 35.5. The van der Waals surface area contributed by atoms with E-state index in [2.05, 4.69) is 10.6 Å². The second-order valence-electron chi connectivity index (χ2n) is 10.2. The second-order valence-corrected chi connectivity index (χ2v) is 10.7. The van der Waals surface area contributed by atoms with Crippen molar-refractivity contribution in [1.82, 2.24) is 4.90 Å². The topological polar surface area (TPSA) is 97.0 Å². The Morgan fingerprint density at radius 2 is 1.60 bits per heavy atom. The van der Waals surface area contributed by atoms with Crippen LogP contribution in [0.4, 0.5) is 16.2 Å². The Bertz CT molecular complexity index is 1620. The molecular weight excluding hydrogens is 554 g/mol. The van der Waals surface area contributed by atoms with Crippen molar-refractivity contribution >= 4 is 40.9 Å². The first-order valence-corrected chi connectivity index (χ1v) is 13.8. The number of carbonyl (C=O) groups is 3. The summed E-state index contributed by atoms with van der Waals surface area (Å²) in [4.78, 5) is 40.0. The van der Waals surface area contributed by atoms with Gasteiger partial charge >= 0.3 is 12.0 Å². The number of hydrogen-bond acceptors (Lipinski definition) is 5. The van der Waals surface area contributed by atoms with Gasteiger partial charge in [-0.05, 0) is 65.1 Å². The number of rotatable bonds is 8. The van der Waals surface area contributed by atoms with Crippen molar-refractivity contribution < 1.29 is 23.9 Å². The molecule has 0 radical (unpaired) electrons. The van der Waals surface area contributed by atoms with E-state index >= 15 is 0 Å². The Labute approximate surface area is 249 Å².